The highest BCUT2D eigenvalue weighted by atomic mass is 19.1. The first-order valence-electron chi connectivity index (χ1n) is 7.53. The number of hydrogen-bond acceptors (Lipinski definition) is 2. The third-order valence-corrected chi connectivity index (χ3v) is 3.95. The summed E-state index contributed by atoms with van der Waals surface area (Å²) in [4.78, 5) is 14.0. The topological polar surface area (TPSA) is 32.3 Å². The lowest BCUT2D eigenvalue weighted by molar-refractivity contribution is -0.131. The maximum absolute atomic E-state index is 13.7. The number of carbonyl (C=O) groups is 1. The molecule has 1 saturated heterocycles. The molecule has 0 saturated carbocycles. The number of carbonyl (C=O) groups excluding carboxylic acids is 1. The van der Waals surface area contributed by atoms with Gasteiger partial charge in [0, 0.05) is 25.1 Å². The van der Waals surface area contributed by atoms with E-state index < -0.39 is 0 Å². The Morgan fingerprint density at radius 1 is 1.48 bits per heavy atom. The maximum Gasteiger partial charge on any atom is 0.223 e. The highest BCUT2D eigenvalue weighted by Crippen LogP contribution is 2.17. The van der Waals surface area contributed by atoms with Gasteiger partial charge in [-0.1, -0.05) is 24.3 Å². The van der Waals surface area contributed by atoms with Crippen LogP contribution in [-0.2, 0) is 11.3 Å². The minimum atomic E-state index is -0.264. The Hall–Kier alpha value is -1.68. The van der Waals surface area contributed by atoms with E-state index in [1.54, 1.807) is 29.2 Å². The Morgan fingerprint density at radius 3 is 2.95 bits per heavy atom. The number of hydrogen-bond donors (Lipinski definition) is 1. The summed E-state index contributed by atoms with van der Waals surface area (Å²) in [6.45, 7) is 6.50. The number of benzene rings is 1. The van der Waals surface area contributed by atoms with Gasteiger partial charge < -0.3 is 10.2 Å². The minimum Gasteiger partial charge on any atom is -0.335 e. The summed E-state index contributed by atoms with van der Waals surface area (Å²) >= 11 is 0. The zero-order valence-electron chi connectivity index (χ0n) is 12.4. The van der Waals surface area contributed by atoms with Crippen molar-refractivity contribution < 1.29 is 9.18 Å². The zero-order valence-corrected chi connectivity index (χ0v) is 12.4. The van der Waals surface area contributed by atoms with Gasteiger partial charge in [0.05, 0.1) is 0 Å². The van der Waals surface area contributed by atoms with Gasteiger partial charge in [0.25, 0.3) is 0 Å². The highest BCUT2D eigenvalue weighted by Gasteiger charge is 2.19. The Balaban J connectivity index is 1.92. The van der Waals surface area contributed by atoms with Gasteiger partial charge in [-0.25, -0.2) is 4.39 Å². The van der Waals surface area contributed by atoms with Crippen molar-refractivity contribution >= 4 is 5.91 Å². The van der Waals surface area contributed by atoms with Crippen molar-refractivity contribution in [1.82, 2.24) is 10.2 Å². The number of amides is 1. The second-order valence-electron chi connectivity index (χ2n) is 5.55. The summed E-state index contributed by atoms with van der Waals surface area (Å²) in [7, 11) is 0. The van der Waals surface area contributed by atoms with Crippen LogP contribution in [0.3, 0.4) is 0 Å². The summed E-state index contributed by atoms with van der Waals surface area (Å²) in [5.74, 6) is 0.400. The van der Waals surface area contributed by atoms with Crippen LogP contribution < -0.4 is 5.32 Å². The second-order valence-corrected chi connectivity index (χ2v) is 5.55. The van der Waals surface area contributed by atoms with Gasteiger partial charge in [0.2, 0.25) is 5.91 Å². The van der Waals surface area contributed by atoms with Crippen LogP contribution in [0.15, 0.2) is 36.9 Å². The summed E-state index contributed by atoms with van der Waals surface area (Å²) < 4.78 is 13.7. The summed E-state index contributed by atoms with van der Waals surface area (Å²) in [6, 6.07) is 6.60. The monoisotopic (exact) mass is 290 g/mol. The number of halogens is 1. The van der Waals surface area contributed by atoms with Crippen LogP contribution in [0.5, 0.6) is 0 Å². The van der Waals surface area contributed by atoms with E-state index in [0.29, 0.717) is 31.0 Å². The number of nitrogens with one attached hydrogen (secondary N) is 1. The Bertz CT molecular complexity index is 483. The van der Waals surface area contributed by atoms with Crippen LogP contribution in [-0.4, -0.2) is 30.4 Å². The van der Waals surface area contributed by atoms with Crippen LogP contribution in [0, 0.1) is 11.7 Å². The fraction of sp³-hybridized carbons (Fsp3) is 0.471. The molecular formula is C17H23FN2O. The molecule has 1 atom stereocenters. The molecule has 3 nitrogen and oxygen atoms in total. The first-order chi connectivity index (χ1) is 10.2. The molecule has 1 unspecified atom stereocenters. The minimum absolute atomic E-state index is 0.0741. The molecular weight excluding hydrogens is 267 g/mol. The number of rotatable bonds is 7. The molecule has 114 valence electrons. The van der Waals surface area contributed by atoms with Crippen LogP contribution in [0.1, 0.15) is 24.8 Å². The summed E-state index contributed by atoms with van der Waals surface area (Å²) in [5.41, 5.74) is 0.551. The Labute approximate surface area is 125 Å². The Morgan fingerprint density at radius 2 is 2.29 bits per heavy atom. The first-order valence-corrected chi connectivity index (χ1v) is 7.53. The van der Waals surface area contributed by atoms with Crippen molar-refractivity contribution in [2.45, 2.75) is 25.8 Å². The molecule has 1 aromatic rings. The molecule has 1 N–H and O–H groups in total. The van der Waals surface area contributed by atoms with Gasteiger partial charge >= 0.3 is 0 Å². The van der Waals surface area contributed by atoms with Gasteiger partial charge in [-0.05, 0) is 37.9 Å². The lowest BCUT2D eigenvalue weighted by atomic mass is 10.0. The van der Waals surface area contributed by atoms with Crippen molar-refractivity contribution in [2.24, 2.45) is 5.92 Å². The van der Waals surface area contributed by atoms with Crippen molar-refractivity contribution in [3.8, 4) is 0 Å². The molecule has 1 heterocycles. The molecule has 0 aliphatic carbocycles. The van der Waals surface area contributed by atoms with Gasteiger partial charge in [-0.15, -0.1) is 6.58 Å². The van der Waals surface area contributed by atoms with E-state index in [1.807, 2.05) is 0 Å². The predicted octanol–water partition coefficient (Wildman–Crippen LogP) is 2.73. The molecule has 21 heavy (non-hydrogen) atoms. The first kappa shape index (κ1) is 15.7. The maximum atomic E-state index is 13.7. The van der Waals surface area contributed by atoms with E-state index in [-0.39, 0.29) is 11.7 Å². The van der Waals surface area contributed by atoms with Crippen molar-refractivity contribution in [3.63, 3.8) is 0 Å². The fourth-order valence-corrected chi connectivity index (χ4v) is 2.69. The molecule has 0 radical (unpaired) electrons. The molecule has 1 amide bonds. The molecule has 0 aromatic heterocycles. The Kier molecular flexibility index (Phi) is 5.93. The quantitative estimate of drug-likeness (QED) is 0.783. The standard InChI is InChI=1S/C17H23FN2O/c1-2-11-20(13-15-5-3-4-6-16(15)18)17(21)8-7-14-9-10-19-12-14/h2-6,14,19H,1,7-13H2. The van der Waals surface area contributed by atoms with E-state index >= 15 is 0 Å². The smallest absolute Gasteiger partial charge is 0.223 e. The van der Waals surface area contributed by atoms with Crippen molar-refractivity contribution in [2.75, 3.05) is 19.6 Å². The molecule has 2 rings (SSSR count). The van der Waals surface area contributed by atoms with Gasteiger partial charge in [-0.2, -0.15) is 0 Å². The third-order valence-electron chi connectivity index (χ3n) is 3.95. The lowest BCUT2D eigenvalue weighted by Gasteiger charge is -2.22. The van der Waals surface area contributed by atoms with E-state index in [0.717, 1.165) is 25.9 Å². The van der Waals surface area contributed by atoms with Crippen LogP contribution in [0.2, 0.25) is 0 Å². The largest absolute Gasteiger partial charge is 0.335 e. The zero-order chi connectivity index (χ0) is 15.1. The van der Waals surface area contributed by atoms with E-state index in [4.69, 9.17) is 0 Å². The average Bonchev–Trinajstić information content (AvgIpc) is 3.00. The molecule has 0 bridgehead atoms. The molecule has 1 aliphatic rings. The third kappa shape index (κ3) is 4.67. The van der Waals surface area contributed by atoms with Crippen LogP contribution in [0.4, 0.5) is 4.39 Å². The molecule has 1 fully saturated rings. The summed E-state index contributed by atoms with van der Waals surface area (Å²) in [5, 5.41) is 3.31. The lowest BCUT2D eigenvalue weighted by Crippen LogP contribution is -2.31. The van der Waals surface area contributed by atoms with E-state index in [1.165, 1.54) is 6.07 Å². The SMILES string of the molecule is C=CCN(Cc1ccccc1F)C(=O)CCC1CCNC1. The van der Waals surface area contributed by atoms with Crippen LogP contribution in [0.25, 0.3) is 0 Å². The number of nitrogens with zero attached hydrogens (tertiary/aromatic N) is 1. The fourth-order valence-electron chi connectivity index (χ4n) is 2.69. The van der Waals surface area contributed by atoms with Gasteiger partial charge in [0.1, 0.15) is 5.82 Å². The van der Waals surface area contributed by atoms with E-state index in [9.17, 15) is 9.18 Å². The molecule has 1 aromatic carbocycles. The highest BCUT2D eigenvalue weighted by molar-refractivity contribution is 5.76. The second kappa shape index (κ2) is 7.93. The average molecular weight is 290 g/mol. The molecule has 0 spiro atoms. The van der Waals surface area contributed by atoms with Crippen LogP contribution >= 0.6 is 0 Å². The molecule has 4 heteroatoms. The van der Waals surface area contributed by atoms with Gasteiger partial charge in [0.15, 0.2) is 0 Å². The predicted molar refractivity (Wildman–Crippen MR) is 82.2 cm³/mol. The molecule has 1 aliphatic heterocycles. The van der Waals surface area contributed by atoms with E-state index in [2.05, 4.69) is 11.9 Å². The van der Waals surface area contributed by atoms with Crippen molar-refractivity contribution in [3.05, 3.63) is 48.3 Å². The van der Waals surface area contributed by atoms with Gasteiger partial charge in [-0.3, -0.25) is 4.79 Å². The summed E-state index contributed by atoms with van der Waals surface area (Å²) in [6.07, 6.45) is 4.25. The normalized spacial score (nSPS) is 17.7. The van der Waals surface area contributed by atoms with Crippen molar-refractivity contribution in [1.29, 1.82) is 0 Å².